The Hall–Kier alpha value is -1.53. The van der Waals surface area contributed by atoms with Crippen LogP contribution in [-0.4, -0.2) is 34.3 Å². The molecule has 6 heteroatoms. The average Bonchev–Trinajstić information content (AvgIpc) is 2.65. The van der Waals surface area contributed by atoms with E-state index in [0.29, 0.717) is 19.3 Å². The van der Waals surface area contributed by atoms with Gasteiger partial charge in [0.25, 0.3) is 0 Å². The monoisotopic (exact) mass is 424 g/mol. The van der Waals surface area contributed by atoms with Crippen molar-refractivity contribution in [2.24, 2.45) is 11.3 Å². The van der Waals surface area contributed by atoms with Gasteiger partial charge in [-0.1, -0.05) is 25.5 Å². The number of hydrogen-bond acceptors (Lipinski definition) is 5. The minimum absolute atomic E-state index is 0.171. The third-order valence-electron chi connectivity index (χ3n) is 6.28. The van der Waals surface area contributed by atoms with Gasteiger partial charge in [-0.3, -0.25) is 9.59 Å². The Morgan fingerprint density at radius 2 is 1.87 bits per heavy atom. The van der Waals surface area contributed by atoms with Gasteiger partial charge in [-0.2, -0.15) is 0 Å². The maximum absolute atomic E-state index is 12.6. The van der Waals surface area contributed by atoms with Gasteiger partial charge in [-0.05, 0) is 72.6 Å². The molecule has 1 aliphatic heterocycles. The summed E-state index contributed by atoms with van der Waals surface area (Å²) < 4.78 is 0. The Morgan fingerprint density at radius 1 is 1.20 bits per heavy atom. The number of rotatable bonds is 13. The summed E-state index contributed by atoms with van der Waals surface area (Å²) in [4.78, 5) is 45.7. The largest absolute Gasteiger partial charge is 0.481 e. The van der Waals surface area contributed by atoms with Gasteiger partial charge in [-0.15, -0.1) is 0 Å². The van der Waals surface area contributed by atoms with E-state index in [0.717, 1.165) is 38.5 Å². The third kappa shape index (κ3) is 9.09. The van der Waals surface area contributed by atoms with E-state index >= 15 is 0 Å². The van der Waals surface area contributed by atoms with Crippen LogP contribution in [0.1, 0.15) is 99.3 Å². The van der Waals surface area contributed by atoms with Gasteiger partial charge in [0.05, 0.1) is 5.92 Å². The molecule has 0 bridgehead atoms. The highest BCUT2D eigenvalue weighted by Gasteiger charge is 2.37. The van der Waals surface area contributed by atoms with E-state index in [1.54, 1.807) is 13.8 Å². The smallest absolute Gasteiger partial charge is 0.308 e. The maximum atomic E-state index is 12.6. The SMILES string of the molecule is CC(=O)CCCC(C)(C)C(=O)CC/C(C)=C/CCC1(C)CC[C@H]([C@H](C)C(=O)O)OO1. The van der Waals surface area contributed by atoms with Crippen molar-refractivity contribution in [2.45, 2.75) is 111 Å². The lowest BCUT2D eigenvalue weighted by atomic mass is 9.80. The summed E-state index contributed by atoms with van der Waals surface area (Å²) in [5.74, 6) is -1.04. The fourth-order valence-corrected chi connectivity index (χ4v) is 3.67. The number of ketones is 2. The molecule has 1 heterocycles. The standard InChI is InChI=1S/C24H40O6/c1-17(11-12-21(26)23(4,5)14-8-10-18(2)25)9-7-15-24(6)16-13-20(29-30-24)19(3)22(27)28/h9,19-20H,7-8,10-16H2,1-6H3,(H,27,28)/b17-9+/t19-,20+,24?/m0/s1. The topological polar surface area (TPSA) is 89.9 Å². The molecular weight excluding hydrogens is 384 g/mol. The molecule has 0 amide bonds. The number of hydrogen-bond donors (Lipinski definition) is 1. The second-order valence-electron chi connectivity index (χ2n) is 9.79. The van der Waals surface area contributed by atoms with Crippen molar-refractivity contribution < 1.29 is 29.3 Å². The number of carboxylic acids is 1. The summed E-state index contributed by atoms with van der Waals surface area (Å²) in [5.41, 5.74) is 0.376. The van der Waals surface area contributed by atoms with Crippen LogP contribution in [0, 0.1) is 11.3 Å². The van der Waals surface area contributed by atoms with Crippen molar-refractivity contribution >= 4 is 17.5 Å². The molecule has 0 aliphatic carbocycles. The lowest BCUT2D eigenvalue weighted by molar-refractivity contribution is -0.411. The molecule has 172 valence electrons. The van der Waals surface area contributed by atoms with Gasteiger partial charge in [0, 0.05) is 18.3 Å². The molecule has 3 atom stereocenters. The first-order chi connectivity index (χ1) is 13.9. The van der Waals surface area contributed by atoms with Crippen molar-refractivity contribution in [1.82, 2.24) is 0 Å². The molecule has 30 heavy (non-hydrogen) atoms. The molecule has 1 N–H and O–H groups in total. The van der Waals surface area contributed by atoms with Crippen molar-refractivity contribution in [3.05, 3.63) is 11.6 Å². The number of carboxylic acid groups (broad SMARTS) is 1. The molecule has 0 aromatic carbocycles. The molecule has 0 aromatic heterocycles. The molecule has 1 saturated heterocycles. The van der Waals surface area contributed by atoms with E-state index in [4.69, 9.17) is 14.9 Å². The van der Waals surface area contributed by atoms with Gasteiger partial charge in [0.15, 0.2) is 0 Å². The Balaban J connectivity index is 2.37. The van der Waals surface area contributed by atoms with Crippen LogP contribution in [0.3, 0.4) is 0 Å². The van der Waals surface area contributed by atoms with Crippen LogP contribution in [0.4, 0.5) is 0 Å². The molecule has 0 radical (unpaired) electrons. The van der Waals surface area contributed by atoms with Gasteiger partial charge in [0.1, 0.15) is 23.3 Å². The third-order valence-corrected chi connectivity index (χ3v) is 6.28. The quantitative estimate of drug-likeness (QED) is 0.313. The van der Waals surface area contributed by atoms with Crippen LogP contribution in [-0.2, 0) is 24.2 Å². The van der Waals surface area contributed by atoms with Crippen molar-refractivity contribution in [1.29, 1.82) is 0 Å². The van der Waals surface area contributed by atoms with Crippen LogP contribution in [0.25, 0.3) is 0 Å². The van der Waals surface area contributed by atoms with Crippen LogP contribution in [0.15, 0.2) is 11.6 Å². The Labute approximate surface area is 181 Å². The first kappa shape index (κ1) is 26.5. The normalized spacial score (nSPS) is 23.8. The lowest BCUT2D eigenvalue weighted by Gasteiger charge is -2.37. The van der Waals surface area contributed by atoms with Crippen molar-refractivity contribution in [3.63, 3.8) is 0 Å². The first-order valence-corrected chi connectivity index (χ1v) is 11.1. The van der Waals surface area contributed by atoms with Gasteiger partial charge in [0.2, 0.25) is 0 Å². The highest BCUT2D eigenvalue weighted by Crippen LogP contribution is 2.33. The predicted molar refractivity (Wildman–Crippen MR) is 116 cm³/mol. The van der Waals surface area contributed by atoms with Crippen molar-refractivity contribution in [3.8, 4) is 0 Å². The van der Waals surface area contributed by atoms with Gasteiger partial charge < -0.3 is 9.90 Å². The number of carbonyl (C=O) groups excluding carboxylic acids is 2. The molecular formula is C24H40O6. The van der Waals surface area contributed by atoms with E-state index in [9.17, 15) is 14.4 Å². The summed E-state index contributed by atoms with van der Waals surface area (Å²) in [6.45, 7) is 11.2. The van der Waals surface area contributed by atoms with Crippen LogP contribution < -0.4 is 0 Å². The summed E-state index contributed by atoms with van der Waals surface area (Å²) in [7, 11) is 0. The highest BCUT2D eigenvalue weighted by atomic mass is 17.2. The van der Waals surface area contributed by atoms with E-state index in [1.165, 1.54) is 5.57 Å². The summed E-state index contributed by atoms with van der Waals surface area (Å²) in [6.07, 6.45) is 8.06. The lowest BCUT2D eigenvalue weighted by Crippen LogP contribution is -2.41. The van der Waals surface area contributed by atoms with Gasteiger partial charge in [-0.25, -0.2) is 9.78 Å². The zero-order valence-corrected chi connectivity index (χ0v) is 19.6. The zero-order valence-electron chi connectivity index (χ0n) is 19.6. The minimum Gasteiger partial charge on any atom is -0.481 e. The maximum Gasteiger partial charge on any atom is 0.308 e. The first-order valence-electron chi connectivity index (χ1n) is 11.1. The van der Waals surface area contributed by atoms with Gasteiger partial charge >= 0.3 is 5.97 Å². The molecule has 6 nitrogen and oxygen atoms in total. The zero-order chi connectivity index (χ0) is 22.9. The molecule has 1 rings (SSSR count). The minimum atomic E-state index is -0.873. The molecule has 0 saturated carbocycles. The molecule has 1 fully saturated rings. The molecule has 0 aromatic rings. The second kappa shape index (κ2) is 11.8. The second-order valence-corrected chi connectivity index (χ2v) is 9.79. The fourth-order valence-electron chi connectivity index (χ4n) is 3.67. The van der Waals surface area contributed by atoms with E-state index < -0.39 is 23.6 Å². The van der Waals surface area contributed by atoms with E-state index in [2.05, 4.69) is 6.08 Å². The van der Waals surface area contributed by atoms with E-state index in [1.807, 2.05) is 27.7 Å². The fraction of sp³-hybridized carbons (Fsp3) is 0.792. The number of carbonyl (C=O) groups is 3. The Kier molecular flexibility index (Phi) is 10.4. The molecule has 1 unspecified atom stereocenters. The highest BCUT2D eigenvalue weighted by molar-refractivity contribution is 5.84. The molecule has 1 aliphatic rings. The Bertz CT molecular complexity index is 626. The number of aliphatic carboxylic acids is 1. The average molecular weight is 425 g/mol. The van der Waals surface area contributed by atoms with E-state index in [-0.39, 0.29) is 17.0 Å². The summed E-state index contributed by atoms with van der Waals surface area (Å²) >= 11 is 0. The van der Waals surface area contributed by atoms with Crippen LogP contribution in [0.5, 0.6) is 0 Å². The predicted octanol–water partition coefficient (Wildman–Crippen LogP) is 5.44. The summed E-state index contributed by atoms with van der Waals surface area (Å²) in [5, 5.41) is 9.09. The van der Waals surface area contributed by atoms with Crippen LogP contribution >= 0.6 is 0 Å². The molecule has 0 spiro atoms. The van der Waals surface area contributed by atoms with Crippen molar-refractivity contribution in [2.75, 3.05) is 0 Å². The summed E-state index contributed by atoms with van der Waals surface area (Å²) in [6, 6.07) is 0. The number of Topliss-reactive ketones (excluding diaryl/α,β-unsaturated/α-hetero) is 2. The number of allylic oxidation sites excluding steroid dienone is 2. The Morgan fingerprint density at radius 3 is 2.40 bits per heavy atom. The van der Waals surface area contributed by atoms with Crippen LogP contribution in [0.2, 0.25) is 0 Å².